The summed E-state index contributed by atoms with van der Waals surface area (Å²) in [5, 5.41) is 0. The van der Waals surface area contributed by atoms with Crippen LogP contribution in [0.4, 0.5) is 5.69 Å². The van der Waals surface area contributed by atoms with Crippen molar-refractivity contribution in [3.63, 3.8) is 0 Å². The Hall–Kier alpha value is -0.806. The van der Waals surface area contributed by atoms with Gasteiger partial charge in [0, 0.05) is 6.42 Å². The second-order valence-corrected chi connectivity index (χ2v) is 23.9. The van der Waals surface area contributed by atoms with Gasteiger partial charge in [0.1, 0.15) is 12.4 Å². The first-order valence-corrected chi connectivity index (χ1v) is 19.0. The lowest BCUT2D eigenvalue weighted by Crippen LogP contribution is -2.61. The van der Waals surface area contributed by atoms with E-state index in [0.717, 1.165) is 12.1 Å². The normalized spacial score (nSPS) is 23.9. The molecule has 0 saturated carbocycles. The number of hydrogen-bond acceptors (Lipinski definition) is 6. The third-order valence-corrected chi connectivity index (χ3v) is 21.3. The van der Waals surface area contributed by atoms with Crippen molar-refractivity contribution < 1.29 is 13.6 Å². The molecule has 2 rings (SSSR count). The molecule has 4 atom stereocenters. The molecule has 6 nitrogen and oxygen atoms in total. The molecule has 1 aromatic rings. The van der Waals surface area contributed by atoms with Gasteiger partial charge >= 0.3 is 0 Å². The molecule has 1 aromatic heterocycles. The van der Waals surface area contributed by atoms with Gasteiger partial charge in [0.2, 0.25) is 16.6 Å². The van der Waals surface area contributed by atoms with Crippen molar-refractivity contribution >= 4 is 22.3 Å². The van der Waals surface area contributed by atoms with Gasteiger partial charge in [-0.3, -0.25) is 0 Å². The zero-order chi connectivity index (χ0) is 28.3. The molecule has 2 heterocycles. The summed E-state index contributed by atoms with van der Waals surface area (Å²) in [5.41, 5.74) is 10.6. The topological polar surface area (TPSA) is 79.5 Å². The van der Waals surface area contributed by atoms with Crippen molar-refractivity contribution in [2.24, 2.45) is 0 Å². The molecule has 1 saturated heterocycles. The Labute approximate surface area is 230 Å². The summed E-state index contributed by atoms with van der Waals surface area (Å²) in [5.74, 6) is 0. The maximum atomic E-state index is 7.56. The summed E-state index contributed by atoms with van der Waals surface area (Å²) in [6.45, 7) is 30.5. The second kappa shape index (κ2) is 13.0. The summed E-state index contributed by atoms with van der Waals surface area (Å²) in [4.78, 5) is 8.67. The van der Waals surface area contributed by atoms with E-state index in [4.69, 9.17) is 19.3 Å². The van der Waals surface area contributed by atoms with Crippen LogP contribution < -0.4 is 5.73 Å². The van der Waals surface area contributed by atoms with E-state index in [9.17, 15) is 0 Å². The molecule has 0 spiro atoms. The molecule has 1 unspecified atom stereocenters. The van der Waals surface area contributed by atoms with Crippen molar-refractivity contribution in [3.05, 3.63) is 18.2 Å². The van der Waals surface area contributed by atoms with Crippen LogP contribution in [-0.4, -0.2) is 44.9 Å². The molecule has 0 amide bonds. The molecule has 1 aliphatic heterocycles. The molecule has 0 radical (unpaired) electrons. The predicted molar refractivity (Wildman–Crippen MR) is 161 cm³/mol. The smallest absolute Gasteiger partial charge is 0.201 e. The zero-order valence-corrected chi connectivity index (χ0v) is 28.0. The van der Waals surface area contributed by atoms with Crippen LogP contribution in [0.25, 0.3) is 0 Å². The number of nitrogens with zero attached hydrogens (tertiary/aromatic N) is 2. The molecular formula is C29H57N3O3Si2. The van der Waals surface area contributed by atoms with Crippen LogP contribution in [0.3, 0.4) is 0 Å². The number of anilines is 1. The Kier molecular flexibility index (Phi) is 11.4. The summed E-state index contributed by atoms with van der Waals surface area (Å²) in [7, 11) is -4.36. The molecular weight excluding hydrogens is 495 g/mol. The maximum absolute atomic E-state index is 7.56. The lowest BCUT2D eigenvalue weighted by atomic mass is 9.94. The van der Waals surface area contributed by atoms with E-state index in [1.165, 1.54) is 0 Å². The number of ether oxygens (including phenoxy) is 1. The van der Waals surface area contributed by atoms with E-state index in [-0.39, 0.29) is 24.4 Å². The second-order valence-electron chi connectivity index (χ2n) is 13.0. The minimum Gasteiger partial charge on any atom is -0.410 e. The predicted octanol–water partition coefficient (Wildman–Crippen LogP) is 8.42. The highest BCUT2D eigenvalue weighted by molar-refractivity contribution is 6.78. The summed E-state index contributed by atoms with van der Waals surface area (Å²) in [6.07, 6.45) is 4.30. The van der Waals surface area contributed by atoms with Gasteiger partial charge in [0.05, 0.1) is 35.9 Å². The maximum Gasteiger partial charge on any atom is 0.201 e. The summed E-state index contributed by atoms with van der Waals surface area (Å²) >= 11 is 0. The van der Waals surface area contributed by atoms with E-state index in [1.807, 2.05) is 0 Å². The SMILES string of the molecule is CC[C@H]1OC(c2ncncc2N)C[C@@H](O[Si](C(C)C)(C(C)C)C(C)C)[C@@H]1O[Si](C(C)C)(C(C)C)C(C)C. The van der Waals surface area contributed by atoms with Crippen molar-refractivity contribution in [3.8, 4) is 0 Å². The Morgan fingerprint density at radius 2 is 1.30 bits per heavy atom. The highest BCUT2D eigenvalue weighted by atomic mass is 28.4. The molecule has 8 heteroatoms. The van der Waals surface area contributed by atoms with E-state index >= 15 is 0 Å². The van der Waals surface area contributed by atoms with Crippen molar-refractivity contribution in [1.29, 1.82) is 0 Å². The van der Waals surface area contributed by atoms with Gasteiger partial charge in [0.15, 0.2) is 0 Å². The fraction of sp³-hybridized carbons (Fsp3) is 0.862. The van der Waals surface area contributed by atoms with Crippen LogP contribution in [0, 0.1) is 0 Å². The third kappa shape index (κ3) is 6.34. The van der Waals surface area contributed by atoms with Crippen molar-refractivity contribution in [2.75, 3.05) is 5.73 Å². The largest absolute Gasteiger partial charge is 0.410 e. The number of hydrogen-bond donors (Lipinski definition) is 1. The number of aromatic nitrogens is 2. The Bertz CT molecular complexity index is 804. The first kappa shape index (κ1) is 32.4. The number of nitrogen functional groups attached to an aromatic ring is 1. The lowest BCUT2D eigenvalue weighted by Gasteiger charge is -2.53. The molecule has 2 N–H and O–H groups in total. The van der Waals surface area contributed by atoms with Crippen LogP contribution >= 0.6 is 0 Å². The molecule has 1 aliphatic rings. The summed E-state index contributed by atoms with van der Waals surface area (Å²) < 4.78 is 21.9. The monoisotopic (exact) mass is 551 g/mol. The standard InChI is InChI=1S/C29H57N3O3Si2/c1-14-25-29(35-37(21(8)9,22(10)11)23(12)13)27(34-36(18(2)3,19(4)5)20(6)7)15-26(33-25)28-24(30)16-31-17-32-28/h16-23,25-27,29H,14-15,30H2,1-13H3/t25-,26?,27-,29-/m1/s1. The molecule has 1 fully saturated rings. The Morgan fingerprint density at radius 1 is 0.838 bits per heavy atom. The molecule has 0 bridgehead atoms. The number of rotatable bonds is 12. The van der Waals surface area contributed by atoms with Gasteiger partial charge in [-0.25, -0.2) is 9.97 Å². The average molecular weight is 552 g/mol. The van der Waals surface area contributed by atoms with E-state index in [1.54, 1.807) is 12.5 Å². The van der Waals surface area contributed by atoms with E-state index < -0.39 is 16.6 Å². The van der Waals surface area contributed by atoms with E-state index in [0.29, 0.717) is 45.4 Å². The van der Waals surface area contributed by atoms with Gasteiger partial charge in [-0.15, -0.1) is 0 Å². The van der Waals surface area contributed by atoms with Crippen molar-refractivity contribution in [1.82, 2.24) is 9.97 Å². The Morgan fingerprint density at radius 3 is 1.70 bits per heavy atom. The lowest BCUT2D eigenvalue weighted by molar-refractivity contribution is -0.163. The van der Waals surface area contributed by atoms with Crippen molar-refractivity contribution in [2.45, 2.75) is 161 Å². The van der Waals surface area contributed by atoms with Gasteiger partial charge in [-0.1, -0.05) is 90.0 Å². The highest BCUT2D eigenvalue weighted by Crippen LogP contribution is 2.49. The minimum absolute atomic E-state index is 0.0694. The number of nitrogens with two attached hydrogens (primary N) is 1. The van der Waals surface area contributed by atoms with Crippen LogP contribution in [0.2, 0.25) is 33.2 Å². The third-order valence-electron chi connectivity index (χ3n) is 9.11. The highest BCUT2D eigenvalue weighted by Gasteiger charge is 2.54. The van der Waals surface area contributed by atoms with Gasteiger partial charge < -0.3 is 19.3 Å². The molecule has 214 valence electrons. The van der Waals surface area contributed by atoms with Gasteiger partial charge in [-0.05, 0) is 39.7 Å². The minimum atomic E-state index is -2.18. The quantitative estimate of drug-likeness (QED) is 0.263. The fourth-order valence-corrected chi connectivity index (χ4v) is 18.8. The zero-order valence-electron chi connectivity index (χ0n) is 26.0. The van der Waals surface area contributed by atoms with Crippen LogP contribution in [0.1, 0.15) is 115 Å². The van der Waals surface area contributed by atoms with Gasteiger partial charge in [0.25, 0.3) is 0 Å². The van der Waals surface area contributed by atoms with Crippen LogP contribution in [0.5, 0.6) is 0 Å². The van der Waals surface area contributed by atoms with Crippen LogP contribution in [0.15, 0.2) is 12.5 Å². The fourth-order valence-electron chi connectivity index (χ4n) is 7.63. The van der Waals surface area contributed by atoms with E-state index in [2.05, 4.69) is 100.0 Å². The van der Waals surface area contributed by atoms with Gasteiger partial charge in [-0.2, -0.15) is 0 Å². The van der Waals surface area contributed by atoms with Crippen LogP contribution in [-0.2, 0) is 13.6 Å². The molecule has 37 heavy (non-hydrogen) atoms. The average Bonchev–Trinajstić information content (AvgIpc) is 2.79. The Balaban J connectivity index is 2.67. The summed E-state index contributed by atoms with van der Waals surface area (Å²) in [6, 6.07) is 0. The first-order chi connectivity index (χ1) is 17.2. The molecule has 0 aromatic carbocycles. The first-order valence-electron chi connectivity index (χ1n) is 14.7. The molecule has 0 aliphatic carbocycles.